The highest BCUT2D eigenvalue weighted by Gasteiger charge is 2.26. The molecule has 2 heteroatoms. The second-order valence-electron chi connectivity index (χ2n) is 8.34. The normalized spacial score (nSPS) is 34.5. The standard InChI is InChI=1S/C20H40N2/c1-3-5-16(2)20-7-4-6-19(12-20)15-22-14-18-10-8-17(13-21)9-11-18/h16-20,22H,3-15,21H2,1-2H3. The Bertz CT molecular complexity index is 283. The predicted molar refractivity (Wildman–Crippen MR) is 96.9 cm³/mol. The van der Waals surface area contributed by atoms with Gasteiger partial charge in [0, 0.05) is 0 Å². The van der Waals surface area contributed by atoms with Gasteiger partial charge in [-0.1, -0.05) is 39.5 Å². The molecule has 0 amide bonds. The van der Waals surface area contributed by atoms with Gasteiger partial charge in [-0.05, 0) is 87.7 Å². The third-order valence-electron chi connectivity index (χ3n) is 6.54. The van der Waals surface area contributed by atoms with Crippen molar-refractivity contribution in [2.24, 2.45) is 35.3 Å². The van der Waals surface area contributed by atoms with Gasteiger partial charge < -0.3 is 11.1 Å². The minimum Gasteiger partial charge on any atom is -0.330 e. The zero-order chi connectivity index (χ0) is 15.8. The minimum atomic E-state index is 0.815. The largest absolute Gasteiger partial charge is 0.330 e. The lowest BCUT2D eigenvalue weighted by Gasteiger charge is -2.34. The molecule has 0 spiro atoms. The highest BCUT2D eigenvalue weighted by molar-refractivity contribution is 4.79. The van der Waals surface area contributed by atoms with Gasteiger partial charge in [0.25, 0.3) is 0 Å². The molecule has 2 nitrogen and oxygen atoms in total. The van der Waals surface area contributed by atoms with E-state index in [2.05, 4.69) is 19.2 Å². The fraction of sp³-hybridized carbons (Fsp3) is 1.00. The lowest BCUT2D eigenvalue weighted by Crippen LogP contribution is -2.33. The summed E-state index contributed by atoms with van der Waals surface area (Å²) in [6, 6.07) is 0. The summed E-state index contributed by atoms with van der Waals surface area (Å²) in [5.41, 5.74) is 5.79. The Hall–Kier alpha value is -0.0800. The molecule has 2 aliphatic carbocycles. The Kier molecular flexibility index (Phi) is 8.24. The van der Waals surface area contributed by atoms with Crippen LogP contribution in [-0.4, -0.2) is 19.6 Å². The van der Waals surface area contributed by atoms with E-state index >= 15 is 0 Å². The molecule has 0 radical (unpaired) electrons. The monoisotopic (exact) mass is 308 g/mol. The van der Waals surface area contributed by atoms with Crippen LogP contribution >= 0.6 is 0 Å². The van der Waals surface area contributed by atoms with Gasteiger partial charge in [0.15, 0.2) is 0 Å². The third-order valence-corrected chi connectivity index (χ3v) is 6.54. The molecule has 3 N–H and O–H groups in total. The number of rotatable bonds is 8. The van der Waals surface area contributed by atoms with Gasteiger partial charge in [-0.15, -0.1) is 0 Å². The highest BCUT2D eigenvalue weighted by Crippen LogP contribution is 2.35. The van der Waals surface area contributed by atoms with Gasteiger partial charge in [-0.2, -0.15) is 0 Å². The molecule has 0 aromatic rings. The maximum absolute atomic E-state index is 5.79. The summed E-state index contributed by atoms with van der Waals surface area (Å²) < 4.78 is 0. The van der Waals surface area contributed by atoms with Gasteiger partial charge >= 0.3 is 0 Å². The zero-order valence-corrected chi connectivity index (χ0v) is 15.2. The number of nitrogens with one attached hydrogen (secondary N) is 1. The Balaban J connectivity index is 1.60. The summed E-state index contributed by atoms with van der Waals surface area (Å²) in [7, 11) is 0. The van der Waals surface area contributed by atoms with E-state index in [-0.39, 0.29) is 0 Å². The molecule has 2 saturated carbocycles. The Labute approximate surface area is 139 Å². The second kappa shape index (κ2) is 9.93. The molecule has 3 atom stereocenters. The second-order valence-corrected chi connectivity index (χ2v) is 8.34. The van der Waals surface area contributed by atoms with Crippen LogP contribution in [0.4, 0.5) is 0 Å². The van der Waals surface area contributed by atoms with Gasteiger partial charge in [0.1, 0.15) is 0 Å². The van der Waals surface area contributed by atoms with Gasteiger partial charge in [0.2, 0.25) is 0 Å². The van der Waals surface area contributed by atoms with Gasteiger partial charge in [-0.3, -0.25) is 0 Å². The molecule has 0 aromatic heterocycles. The smallest absolute Gasteiger partial charge is 0.00203 e. The average molecular weight is 309 g/mol. The summed E-state index contributed by atoms with van der Waals surface area (Å²) in [5, 5.41) is 3.82. The molecule has 2 aliphatic rings. The highest BCUT2D eigenvalue weighted by atomic mass is 14.9. The van der Waals surface area contributed by atoms with E-state index in [1.807, 2.05) is 0 Å². The van der Waals surface area contributed by atoms with Crippen molar-refractivity contribution in [1.29, 1.82) is 0 Å². The lowest BCUT2D eigenvalue weighted by molar-refractivity contribution is 0.189. The number of nitrogens with two attached hydrogens (primary N) is 1. The van der Waals surface area contributed by atoms with Crippen LogP contribution in [0.3, 0.4) is 0 Å². The van der Waals surface area contributed by atoms with Crippen molar-refractivity contribution < 1.29 is 0 Å². The summed E-state index contributed by atoms with van der Waals surface area (Å²) in [6.07, 6.45) is 14.2. The Morgan fingerprint density at radius 2 is 1.64 bits per heavy atom. The molecular formula is C20H40N2. The molecule has 3 unspecified atom stereocenters. The van der Waals surface area contributed by atoms with Crippen LogP contribution in [0.15, 0.2) is 0 Å². The van der Waals surface area contributed by atoms with Crippen molar-refractivity contribution in [2.45, 2.75) is 78.1 Å². The van der Waals surface area contributed by atoms with E-state index in [1.54, 1.807) is 0 Å². The van der Waals surface area contributed by atoms with E-state index in [9.17, 15) is 0 Å². The zero-order valence-electron chi connectivity index (χ0n) is 15.2. The first-order valence-corrected chi connectivity index (χ1v) is 10.1. The van der Waals surface area contributed by atoms with Crippen molar-refractivity contribution in [3.63, 3.8) is 0 Å². The molecule has 0 heterocycles. The number of hydrogen-bond acceptors (Lipinski definition) is 2. The van der Waals surface area contributed by atoms with E-state index < -0.39 is 0 Å². The lowest BCUT2D eigenvalue weighted by atomic mass is 9.74. The van der Waals surface area contributed by atoms with E-state index in [4.69, 9.17) is 5.73 Å². The maximum atomic E-state index is 5.79. The number of hydrogen-bond donors (Lipinski definition) is 2. The molecule has 0 aliphatic heterocycles. The molecular weight excluding hydrogens is 268 g/mol. The molecule has 2 rings (SSSR count). The Morgan fingerprint density at radius 1 is 0.955 bits per heavy atom. The quantitative estimate of drug-likeness (QED) is 0.688. The van der Waals surface area contributed by atoms with E-state index in [1.165, 1.54) is 77.3 Å². The van der Waals surface area contributed by atoms with E-state index in [0.717, 1.165) is 36.1 Å². The van der Waals surface area contributed by atoms with Crippen LogP contribution in [0.2, 0.25) is 0 Å². The molecule has 2 fully saturated rings. The van der Waals surface area contributed by atoms with E-state index in [0.29, 0.717) is 0 Å². The van der Waals surface area contributed by atoms with Crippen LogP contribution in [0.5, 0.6) is 0 Å². The average Bonchev–Trinajstić information content (AvgIpc) is 2.56. The van der Waals surface area contributed by atoms with Gasteiger partial charge in [0.05, 0.1) is 0 Å². The van der Waals surface area contributed by atoms with Crippen LogP contribution < -0.4 is 11.1 Å². The fourth-order valence-corrected chi connectivity index (χ4v) is 4.89. The van der Waals surface area contributed by atoms with Crippen molar-refractivity contribution in [1.82, 2.24) is 5.32 Å². The summed E-state index contributed by atoms with van der Waals surface area (Å²) in [5.74, 6) is 4.62. The van der Waals surface area contributed by atoms with Gasteiger partial charge in [-0.25, -0.2) is 0 Å². The van der Waals surface area contributed by atoms with Crippen molar-refractivity contribution in [3.05, 3.63) is 0 Å². The predicted octanol–water partition coefficient (Wildman–Crippen LogP) is 4.58. The van der Waals surface area contributed by atoms with Crippen LogP contribution in [0.1, 0.15) is 78.1 Å². The van der Waals surface area contributed by atoms with Crippen LogP contribution in [0, 0.1) is 29.6 Å². The van der Waals surface area contributed by atoms with Crippen molar-refractivity contribution >= 4 is 0 Å². The molecule has 0 bridgehead atoms. The summed E-state index contributed by atoms with van der Waals surface area (Å²) in [4.78, 5) is 0. The Morgan fingerprint density at radius 3 is 2.32 bits per heavy atom. The topological polar surface area (TPSA) is 38.0 Å². The minimum absolute atomic E-state index is 0.815. The first-order valence-electron chi connectivity index (χ1n) is 10.1. The SMILES string of the molecule is CCCC(C)C1CCCC(CNCC2CCC(CN)CC2)C1. The summed E-state index contributed by atoms with van der Waals surface area (Å²) >= 11 is 0. The third kappa shape index (κ3) is 5.85. The maximum Gasteiger partial charge on any atom is -0.00203 e. The molecule has 0 aromatic carbocycles. The van der Waals surface area contributed by atoms with Crippen molar-refractivity contribution in [2.75, 3.05) is 19.6 Å². The first-order chi connectivity index (χ1) is 10.7. The first kappa shape index (κ1) is 18.3. The van der Waals surface area contributed by atoms with Crippen LogP contribution in [-0.2, 0) is 0 Å². The molecule has 22 heavy (non-hydrogen) atoms. The molecule has 130 valence electrons. The summed E-state index contributed by atoms with van der Waals surface area (Å²) in [6.45, 7) is 8.24. The van der Waals surface area contributed by atoms with Crippen molar-refractivity contribution in [3.8, 4) is 0 Å². The molecule has 0 saturated heterocycles. The fourth-order valence-electron chi connectivity index (χ4n) is 4.89. The van der Waals surface area contributed by atoms with Crippen LogP contribution in [0.25, 0.3) is 0 Å².